The summed E-state index contributed by atoms with van der Waals surface area (Å²) in [7, 11) is 0. The molecule has 1 saturated heterocycles. The second-order valence-electron chi connectivity index (χ2n) is 5.68. The van der Waals surface area contributed by atoms with Gasteiger partial charge < -0.3 is 10.0 Å². The van der Waals surface area contributed by atoms with Crippen LogP contribution in [0.5, 0.6) is 0 Å². The number of carbonyl (C=O) groups is 1. The molecule has 6 heteroatoms. The van der Waals surface area contributed by atoms with E-state index in [1.165, 1.54) is 0 Å². The van der Waals surface area contributed by atoms with Crippen molar-refractivity contribution in [3.05, 3.63) is 29.2 Å². The van der Waals surface area contributed by atoms with Crippen LogP contribution in [0.2, 0.25) is 5.15 Å². The third kappa shape index (κ3) is 2.42. The number of carboxylic acids is 1. The van der Waals surface area contributed by atoms with Crippen molar-refractivity contribution < 1.29 is 9.90 Å². The number of halogens is 1. The zero-order valence-electron chi connectivity index (χ0n) is 11.9. The number of fused-ring (bicyclic) bond motifs is 1. The zero-order valence-corrected chi connectivity index (χ0v) is 12.6. The van der Waals surface area contributed by atoms with Crippen LogP contribution in [0.1, 0.15) is 25.3 Å². The van der Waals surface area contributed by atoms with Crippen LogP contribution in [0.15, 0.2) is 18.5 Å². The molecule has 3 rings (SSSR count). The third-order valence-electron chi connectivity index (χ3n) is 3.90. The summed E-state index contributed by atoms with van der Waals surface area (Å²) < 4.78 is 0. The van der Waals surface area contributed by atoms with Gasteiger partial charge in [0, 0.05) is 30.9 Å². The minimum absolute atomic E-state index is 0.313. The summed E-state index contributed by atoms with van der Waals surface area (Å²) >= 11 is 6.02. The molecule has 5 nitrogen and oxygen atoms in total. The Bertz CT molecular complexity index is 711. The van der Waals surface area contributed by atoms with Crippen LogP contribution in [0.4, 0.5) is 5.82 Å². The molecule has 2 aromatic heterocycles. The molecule has 0 amide bonds. The number of carboxylic acid groups (broad SMARTS) is 1. The molecule has 0 aliphatic carbocycles. The van der Waals surface area contributed by atoms with Crippen molar-refractivity contribution in [1.29, 1.82) is 0 Å². The van der Waals surface area contributed by atoms with Gasteiger partial charge in [0.25, 0.3) is 0 Å². The maximum absolute atomic E-state index is 10.9. The van der Waals surface area contributed by atoms with E-state index in [1.807, 2.05) is 17.2 Å². The highest BCUT2D eigenvalue weighted by Gasteiger charge is 2.34. The van der Waals surface area contributed by atoms with Crippen LogP contribution in [0, 0.1) is 5.92 Å². The first kappa shape index (κ1) is 14.1. The number of hydrogen-bond donors (Lipinski definition) is 1. The number of aliphatic carboxylic acids is 1. The quantitative estimate of drug-likeness (QED) is 0.883. The summed E-state index contributed by atoms with van der Waals surface area (Å²) in [5.74, 6) is 0.0501. The van der Waals surface area contributed by atoms with Gasteiger partial charge in [0.15, 0.2) is 0 Å². The van der Waals surface area contributed by atoms with Crippen molar-refractivity contribution in [3.8, 4) is 0 Å². The monoisotopic (exact) mass is 305 g/mol. The number of hydrogen-bond acceptors (Lipinski definition) is 4. The molecular formula is C15H16ClN3O2. The normalized spacial score (nSPS) is 15.5. The molecule has 3 heterocycles. The first-order valence-electron chi connectivity index (χ1n) is 6.89. The van der Waals surface area contributed by atoms with Crippen LogP contribution in [-0.4, -0.2) is 34.1 Å². The molecule has 0 radical (unpaired) electrons. The first-order valence-corrected chi connectivity index (χ1v) is 7.27. The van der Waals surface area contributed by atoms with Gasteiger partial charge >= 0.3 is 5.97 Å². The minimum Gasteiger partial charge on any atom is -0.481 e. The average Bonchev–Trinajstić information content (AvgIpc) is 2.35. The third-order valence-corrected chi connectivity index (χ3v) is 4.11. The predicted octanol–water partition coefficient (Wildman–Crippen LogP) is 2.93. The van der Waals surface area contributed by atoms with E-state index in [0.717, 1.165) is 22.2 Å². The van der Waals surface area contributed by atoms with E-state index in [0.29, 0.717) is 24.2 Å². The molecule has 0 unspecified atom stereocenters. The van der Waals surface area contributed by atoms with Crippen molar-refractivity contribution in [2.45, 2.75) is 19.8 Å². The van der Waals surface area contributed by atoms with Gasteiger partial charge in [0.1, 0.15) is 11.0 Å². The largest absolute Gasteiger partial charge is 0.481 e. The molecule has 0 bridgehead atoms. The molecule has 0 atom stereocenters. The number of aromatic nitrogens is 2. The van der Waals surface area contributed by atoms with Crippen molar-refractivity contribution in [2.24, 2.45) is 5.92 Å². The molecule has 1 aliphatic rings. The van der Waals surface area contributed by atoms with E-state index in [9.17, 15) is 4.79 Å². The number of pyridine rings is 2. The summed E-state index contributed by atoms with van der Waals surface area (Å²) in [5, 5.41) is 11.4. The second kappa shape index (κ2) is 5.15. The van der Waals surface area contributed by atoms with Crippen LogP contribution < -0.4 is 4.90 Å². The van der Waals surface area contributed by atoms with Crippen molar-refractivity contribution in [3.63, 3.8) is 0 Å². The topological polar surface area (TPSA) is 66.3 Å². The average molecular weight is 306 g/mol. The number of nitrogens with zero attached hydrogens (tertiary/aromatic N) is 3. The van der Waals surface area contributed by atoms with Crippen LogP contribution in [0.3, 0.4) is 0 Å². The molecule has 2 aromatic rings. The Morgan fingerprint density at radius 1 is 1.33 bits per heavy atom. The van der Waals surface area contributed by atoms with E-state index < -0.39 is 5.97 Å². The molecule has 110 valence electrons. The Kier molecular flexibility index (Phi) is 3.45. The lowest BCUT2D eigenvalue weighted by Crippen LogP contribution is -2.50. The van der Waals surface area contributed by atoms with Crippen LogP contribution >= 0.6 is 11.6 Å². The molecule has 0 saturated carbocycles. The van der Waals surface area contributed by atoms with Gasteiger partial charge in [0.05, 0.1) is 5.92 Å². The van der Waals surface area contributed by atoms with E-state index in [1.54, 1.807) is 6.20 Å². The second-order valence-corrected chi connectivity index (χ2v) is 6.07. The smallest absolute Gasteiger partial charge is 0.310 e. The Labute approximate surface area is 127 Å². The van der Waals surface area contributed by atoms with E-state index in [-0.39, 0.29) is 5.92 Å². The SMILES string of the molecule is CC(C)c1cnc(N2CC(C(=O)O)C2)c2cnc(Cl)cc12. The Morgan fingerprint density at radius 3 is 2.67 bits per heavy atom. The van der Waals surface area contributed by atoms with Crippen LogP contribution in [-0.2, 0) is 4.79 Å². The van der Waals surface area contributed by atoms with Crippen molar-refractivity contribution in [1.82, 2.24) is 9.97 Å². The highest BCUT2D eigenvalue weighted by molar-refractivity contribution is 6.30. The summed E-state index contributed by atoms with van der Waals surface area (Å²) in [6, 6.07) is 1.85. The lowest BCUT2D eigenvalue weighted by atomic mass is 9.97. The van der Waals surface area contributed by atoms with Gasteiger partial charge in [-0.25, -0.2) is 9.97 Å². The summed E-state index contributed by atoms with van der Waals surface area (Å²) in [5.41, 5.74) is 1.12. The fourth-order valence-electron chi connectivity index (χ4n) is 2.64. The van der Waals surface area contributed by atoms with E-state index in [4.69, 9.17) is 16.7 Å². The maximum Gasteiger partial charge on any atom is 0.310 e. The molecular weight excluding hydrogens is 290 g/mol. The molecule has 0 aromatic carbocycles. The molecule has 1 aliphatic heterocycles. The lowest BCUT2D eigenvalue weighted by Gasteiger charge is -2.38. The van der Waals surface area contributed by atoms with Gasteiger partial charge in [-0.05, 0) is 22.9 Å². The van der Waals surface area contributed by atoms with Crippen molar-refractivity contribution >= 4 is 34.2 Å². The van der Waals surface area contributed by atoms with Gasteiger partial charge in [-0.2, -0.15) is 0 Å². The molecule has 1 N–H and O–H groups in total. The van der Waals surface area contributed by atoms with Gasteiger partial charge in [-0.15, -0.1) is 0 Å². The van der Waals surface area contributed by atoms with E-state index in [2.05, 4.69) is 23.8 Å². The summed E-state index contributed by atoms with van der Waals surface area (Å²) in [6.07, 6.45) is 3.58. The fourth-order valence-corrected chi connectivity index (χ4v) is 2.79. The number of rotatable bonds is 3. The predicted molar refractivity (Wildman–Crippen MR) is 82.0 cm³/mol. The molecule has 21 heavy (non-hydrogen) atoms. The fraction of sp³-hybridized carbons (Fsp3) is 0.400. The van der Waals surface area contributed by atoms with E-state index >= 15 is 0 Å². The highest BCUT2D eigenvalue weighted by atomic mass is 35.5. The molecule has 1 fully saturated rings. The minimum atomic E-state index is -0.754. The maximum atomic E-state index is 10.9. The Hall–Kier alpha value is -1.88. The van der Waals surface area contributed by atoms with Gasteiger partial charge in [-0.3, -0.25) is 4.79 Å². The Morgan fingerprint density at radius 2 is 2.05 bits per heavy atom. The summed E-state index contributed by atoms with van der Waals surface area (Å²) in [4.78, 5) is 21.6. The Balaban J connectivity index is 2.05. The summed E-state index contributed by atoms with van der Waals surface area (Å²) in [6.45, 7) is 5.19. The number of anilines is 1. The first-order chi connectivity index (χ1) is 9.97. The van der Waals surface area contributed by atoms with Crippen molar-refractivity contribution in [2.75, 3.05) is 18.0 Å². The van der Waals surface area contributed by atoms with Crippen LogP contribution in [0.25, 0.3) is 10.8 Å². The molecule has 0 spiro atoms. The van der Waals surface area contributed by atoms with Gasteiger partial charge in [-0.1, -0.05) is 25.4 Å². The zero-order chi connectivity index (χ0) is 15.1. The van der Waals surface area contributed by atoms with Gasteiger partial charge in [0.2, 0.25) is 0 Å². The standard InChI is InChI=1S/C15H16ClN3O2/c1-8(2)11-4-18-14(19-6-9(7-19)15(20)21)12-5-17-13(16)3-10(11)12/h3-5,8-9H,6-7H2,1-2H3,(H,20,21). The lowest BCUT2D eigenvalue weighted by molar-refractivity contribution is -0.142. The highest BCUT2D eigenvalue weighted by Crippen LogP contribution is 2.34.